The highest BCUT2D eigenvalue weighted by Gasteiger charge is 2.32. The Morgan fingerprint density at radius 2 is 1.25 bits per heavy atom. The normalized spacial score (nSPS) is 12.6. The quantitative estimate of drug-likeness (QED) is 0.0598. The van der Waals surface area contributed by atoms with Crippen molar-refractivity contribution in [2.75, 3.05) is 27.9 Å². The molecule has 0 atom stereocenters. The molecule has 19 heteroatoms. The molecule has 4 aromatic heterocycles. The van der Waals surface area contributed by atoms with E-state index in [-0.39, 0.29) is 79.6 Å². The molecular formula is C65H62F2N12O5. The van der Waals surface area contributed by atoms with Crippen LogP contribution in [0.15, 0.2) is 121 Å². The number of ether oxygens (including phenoxy) is 1. The Labute approximate surface area is 483 Å². The lowest BCUT2D eigenvalue weighted by Gasteiger charge is -2.21. The third-order valence-corrected chi connectivity index (χ3v) is 15.5. The van der Waals surface area contributed by atoms with E-state index in [2.05, 4.69) is 83.2 Å². The number of aromatic nitrogens is 6. The summed E-state index contributed by atoms with van der Waals surface area (Å²) in [5, 5.41) is 21.6. The predicted octanol–water partition coefficient (Wildman–Crippen LogP) is 12.1. The molecule has 0 spiro atoms. The van der Waals surface area contributed by atoms with Gasteiger partial charge >= 0.3 is 0 Å². The second-order valence-electron chi connectivity index (χ2n) is 22.5. The fraction of sp³-hybridized carbons (Fsp3) is 0.231. The van der Waals surface area contributed by atoms with Crippen molar-refractivity contribution >= 4 is 58.3 Å². The van der Waals surface area contributed by atoms with Crippen molar-refractivity contribution in [3.63, 3.8) is 0 Å². The molecule has 6 heterocycles. The summed E-state index contributed by atoms with van der Waals surface area (Å²) in [6.45, 7) is 14.8. The molecule has 17 nitrogen and oxygen atoms in total. The second kappa shape index (κ2) is 22.4. The van der Waals surface area contributed by atoms with Crippen molar-refractivity contribution in [2.45, 2.75) is 92.2 Å². The standard InChI is InChI=1S/C65H62F2N12O5/c1-34(2)38-14-20-49-40(31-38)23-27-78-61(72-49)53(59(68)80)57(76-78)46-18-16-44(35(3)55(46)66)63(82)74-51-13-9-12-48(71-51)39-11-8-10-37(30-39)25-29-84-43-22-26-70-52(33-43)75-64(83)45-17-19-47(56(67)36(45)4)58-54(60(69)81)62-73-50-21-15-42(65(5,6)7)32-41(50)24-28-79(62)77-58/h8-22,26,30-34,72-73H,23-25,27-29H2,1-7H3,(H2,68,80)(H2,69,81)(H,70,75,83)(H,71,74,82). The lowest BCUT2D eigenvalue weighted by atomic mass is 9.85. The van der Waals surface area contributed by atoms with Crippen LogP contribution in [-0.2, 0) is 37.8 Å². The van der Waals surface area contributed by atoms with Gasteiger partial charge in [-0.15, -0.1) is 0 Å². The van der Waals surface area contributed by atoms with E-state index in [1.54, 1.807) is 33.6 Å². The van der Waals surface area contributed by atoms with Crippen LogP contribution in [0.25, 0.3) is 33.8 Å². The van der Waals surface area contributed by atoms with Crippen molar-refractivity contribution in [1.82, 2.24) is 29.5 Å². The molecule has 0 radical (unpaired) electrons. The number of halogens is 2. The highest BCUT2D eigenvalue weighted by atomic mass is 19.1. The molecule has 84 heavy (non-hydrogen) atoms. The van der Waals surface area contributed by atoms with Gasteiger partial charge in [-0.25, -0.2) is 28.1 Å². The number of nitrogens with one attached hydrogen (secondary N) is 4. The van der Waals surface area contributed by atoms with Gasteiger partial charge < -0.3 is 37.5 Å². The number of hydrogen-bond acceptors (Lipinski definition) is 11. The molecule has 0 saturated heterocycles. The van der Waals surface area contributed by atoms with Gasteiger partial charge in [0, 0.05) is 71.0 Å². The number of aryl methyl sites for hydroxylation is 4. The molecule has 9 aromatic rings. The Morgan fingerprint density at radius 1 is 0.679 bits per heavy atom. The van der Waals surface area contributed by atoms with Gasteiger partial charge in [-0.2, -0.15) is 10.2 Å². The van der Waals surface area contributed by atoms with Crippen molar-refractivity contribution in [2.24, 2.45) is 11.5 Å². The van der Waals surface area contributed by atoms with Gasteiger partial charge in [-0.1, -0.05) is 83.1 Å². The van der Waals surface area contributed by atoms with Crippen LogP contribution in [-0.4, -0.2) is 59.8 Å². The van der Waals surface area contributed by atoms with Crippen molar-refractivity contribution in [1.29, 1.82) is 0 Å². The van der Waals surface area contributed by atoms with Gasteiger partial charge in [0.25, 0.3) is 23.6 Å². The third-order valence-electron chi connectivity index (χ3n) is 15.5. The Balaban J connectivity index is 0.720. The van der Waals surface area contributed by atoms with Crippen molar-refractivity contribution in [3.05, 3.63) is 194 Å². The highest BCUT2D eigenvalue weighted by molar-refractivity contribution is 6.08. The zero-order chi connectivity index (χ0) is 59.3. The van der Waals surface area contributed by atoms with E-state index in [0.29, 0.717) is 61.3 Å². The highest BCUT2D eigenvalue weighted by Crippen LogP contribution is 2.40. The number of nitrogens with zero attached hydrogens (tertiary/aromatic N) is 6. The van der Waals surface area contributed by atoms with Gasteiger partial charge in [0.2, 0.25) is 0 Å². The zero-order valence-corrected chi connectivity index (χ0v) is 47.5. The smallest absolute Gasteiger partial charge is 0.257 e. The minimum Gasteiger partial charge on any atom is -0.493 e. The van der Waals surface area contributed by atoms with E-state index >= 15 is 8.78 Å². The summed E-state index contributed by atoms with van der Waals surface area (Å²) >= 11 is 0. The SMILES string of the molecule is Cc1c(C(=O)Nc2cc(OCCc3cccc(-c4cccc(NC(=O)c5ccc(-c6nn7c(c6C(N)=O)Nc6ccc(C(C)C)cc6CC7)c(F)c5C)n4)c3)ccn2)ccc(-c2nn3c(c2C(N)=O)Nc2ccc(C(C)(C)C)cc2CC3)c1F. The van der Waals surface area contributed by atoms with E-state index in [1.807, 2.05) is 54.6 Å². The zero-order valence-electron chi connectivity index (χ0n) is 47.5. The van der Waals surface area contributed by atoms with E-state index in [0.717, 1.165) is 33.6 Å². The molecule has 0 bridgehead atoms. The number of rotatable bonds is 14. The number of carbonyl (C=O) groups is 4. The molecule has 5 aromatic carbocycles. The monoisotopic (exact) mass is 1130 g/mol. The van der Waals surface area contributed by atoms with E-state index < -0.39 is 35.3 Å². The summed E-state index contributed by atoms with van der Waals surface area (Å²) in [5.74, 6) is -2.22. The van der Waals surface area contributed by atoms with Crippen LogP contribution in [0.3, 0.4) is 0 Å². The largest absolute Gasteiger partial charge is 0.493 e. The molecule has 8 N–H and O–H groups in total. The lowest BCUT2D eigenvalue weighted by Crippen LogP contribution is -2.16. The summed E-state index contributed by atoms with van der Waals surface area (Å²) in [4.78, 5) is 62.5. The lowest BCUT2D eigenvalue weighted by molar-refractivity contribution is 0.0993. The Bertz CT molecular complexity index is 4160. The Hall–Kier alpha value is -10.0. The van der Waals surface area contributed by atoms with Gasteiger partial charge in [-0.05, 0) is 138 Å². The molecule has 2 aliphatic rings. The van der Waals surface area contributed by atoms with Crippen molar-refractivity contribution < 1.29 is 32.7 Å². The van der Waals surface area contributed by atoms with E-state index in [1.165, 1.54) is 55.4 Å². The number of pyridine rings is 2. The Morgan fingerprint density at radius 3 is 1.83 bits per heavy atom. The molecule has 4 amide bonds. The van der Waals surface area contributed by atoms with Crippen LogP contribution < -0.4 is 37.5 Å². The average molecular weight is 1130 g/mol. The summed E-state index contributed by atoms with van der Waals surface area (Å²) in [5.41, 5.74) is 20.8. The van der Waals surface area contributed by atoms with Crippen molar-refractivity contribution in [3.8, 4) is 39.5 Å². The fourth-order valence-electron chi connectivity index (χ4n) is 10.7. The number of carbonyl (C=O) groups excluding carboxylic acids is 4. The maximum atomic E-state index is 16.4. The first-order valence-electron chi connectivity index (χ1n) is 27.7. The number of primary amides is 2. The summed E-state index contributed by atoms with van der Waals surface area (Å²) in [7, 11) is 0. The minimum atomic E-state index is -0.774. The van der Waals surface area contributed by atoms with E-state index in [9.17, 15) is 19.2 Å². The number of nitrogens with two attached hydrogens (primary N) is 2. The summed E-state index contributed by atoms with van der Waals surface area (Å²) < 4.78 is 42.2. The van der Waals surface area contributed by atoms with Gasteiger partial charge in [0.1, 0.15) is 63.2 Å². The number of anilines is 6. The van der Waals surface area contributed by atoms with Crippen LogP contribution in [0.4, 0.5) is 43.4 Å². The van der Waals surface area contributed by atoms with E-state index in [4.69, 9.17) is 21.2 Å². The number of amides is 4. The molecule has 0 saturated carbocycles. The molecule has 11 rings (SSSR count). The molecular weight excluding hydrogens is 1070 g/mol. The molecule has 0 unspecified atom stereocenters. The van der Waals surface area contributed by atoms with Crippen LogP contribution in [0.1, 0.15) is 121 Å². The van der Waals surface area contributed by atoms with Crippen LogP contribution in [0.2, 0.25) is 0 Å². The van der Waals surface area contributed by atoms with Crippen LogP contribution in [0, 0.1) is 25.5 Å². The summed E-state index contributed by atoms with van der Waals surface area (Å²) in [6.07, 6.45) is 3.23. The van der Waals surface area contributed by atoms with Crippen LogP contribution in [0.5, 0.6) is 5.75 Å². The van der Waals surface area contributed by atoms with Crippen LogP contribution >= 0.6 is 0 Å². The molecule has 0 aliphatic carbocycles. The average Bonchev–Trinajstić information content (AvgIpc) is 4.04. The maximum Gasteiger partial charge on any atom is 0.257 e. The number of hydrogen-bond donors (Lipinski definition) is 6. The molecule has 0 fully saturated rings. The first-order valence-corrected chi connectivity index (χ1v) is 27.7. The third kappa shape index (κ3) is 10.9. The van der Waals surface area contributed by atoms with Gasteiger partial charge in [0.05, 0.1) is 12.3 Å². The predicted molar refractivity (Wildman–Crippen MR) is 320 cm³/mol. The first kappa shape index (κ1) is 55.8. The summed E-state index contributed by atoms with van der Waals surface area (Å²) in [6, 6.07) is 34.3. The maximum absolute atomic E-state index is 16.4. The second-order valence-corrected chi connectivity index (χ2v) is 22.5. The molecule has 2 aliphatic heterocycles. The van der Waals surface area contributed by atoms with Gasteiger partial charge in [-0.3, -0.25) is 19.2 Å². The number of benzene rings is 5. The number of fused-ring (bicyclic) bond motifs is 4. The first-order chi connectivity index (χ1) is 40.2. The Kier molecular flexibility index (Phi) is 14.9. The minimum absolute atomic E-state index is 0.0267. The molecule has 426 valence electrons. The fourth-order valence-corrected chi connectivity index (χ4v) is 10.7. The topological polar surface area (TPSA) is 239 Å². The van der Waals surface area contributed by atoms with Gasteiger partial charge in [0.15, 0.2) is 0 Å².